The maximum atomic E-state index is 13.3. The van der Waals surface area contributed by atoms with Crippen LogP contribution in [0.1, 0.15) is 37.3 Å². The number of hydrogen-bond acceptors (Lipinski definition) is 3. The number of rotatable bonds is 3. The molecule has 5 rings (SSSR count). The van der Waals surface area contributed by atoms with Crippen LogP contribution in [-0.4, -0.2) is 28.7 Å². The minimum absolute atomic E-state index is 0.0768. The van der Waals surface area contributed by atoms with Crippen LogP contribution >= 0.6 is 0 Å². The van der Waals surface area contributed by atoms with Crippen molar-refractivity contribution >= 4 is 5.91 Å². The summed E-state index contributed by atoms with van der Waals surface area (Å²) in [6.45, 7) is 0. The molecule has 2 atom stereocenters. The predicted octanol–water partition coefficient (Wildman–Crippen LogP) is 3.83. The van der Waals surface area contributed by atoms with Gasteiger partial charge in [-0.25, -0.2) is 4.39 Å². The van der Waals surface area contributed by atoms with Crippen molar-refractivity contribution in [2.24, 2.45) is 0 Å². The Morgan fingerprint density at radius 2 is 1.88 bits per heavy atom. The maximum Gasteiger partial charge on any atom is 0.257 e. The van der Waals surface area contributed by atoms with Crippen molar-refractivity contribution < 1.29 is 18.7 Å². The molecule has 0 N–H and O–H groups in total. The second-order valence-corrected chi connectivity index (χ2v) is 7.39. The number of carbonyl (C=O) groups excluding carboxylic acids is 1. The predicted molar refractivity (Wildman–Crippen MR) is 92.9 cm³/mol. The Kier molecular flexibility index (Phi) is 3.54. The number of carbonyl (C=O) groups is 1. The number of ether oxygens (including phenoxy) is 2. The van der Waals surface area contributed by atoms with Gasteiger partial charge in [-0.15, -0.1) is 0 Å². The van der Waals surface area contributed by atoms with Crippen LogP contribution in [0.5, 0.6) is 5.75 Å². The van der Waals surface area contributed by atoms with Crippen LogP contribution in [0.4, 0.5) is 4.39 Å². The summed E-state index contributed by atoms with van der Waals surface area (Å²) in [7, 11) is 0. The number of fused-ring (bicyclic) bond motifs is 1. The number of halogens is 1. The summed E-state index contributed by atoms with van der Waals surface area (Å²) >= 11 is 0. The van der Waals surface area contributed by atoms with Gasteiger partial charge in [0.15, 0.2) is 5.60 Å². The largest absolute Gasteiger partial charge is 0.490 e. The molecule has 1 amide bonds. The smallest absolute Gasteiger partial charge is 0.257 e. The molecule has 2 aromatic carbocycles. The SMILES string of the molecule is O=C1N2C(CC[C@H]2c2ccccc2)OC12CC(Oc1cccc(F)c1)C2. The maximum absolute atomic E-state index is 13.3. The molecule has 2 aromatic rings. The van der Waals surface area contributed by atoms with Crippen LogP contribution in [-0.2, 0) is 9.53 Å². The van der Waals surface area contributed by atoms with Gasteiger partial charge in [0.1, 0.15) is 23.9 Å². The Bertz CT molecular complexity index is 834. The van der Waals surface area contributed by atoms with Crippen molar-refractivity contribution in [3.63, 3.8) is 0 Å². The van der Waals surface area contributed by atoms with Crippen LogP contribution in [0, 0.1) is 5.82 Å². The van der Waals surface area contributed by atoms with Gasteiger partial charge in [0.25, 0.3) is 5.91 Å². The normalized spacial score (nSPS) is 32.6. The molecule has 0 radical (unpaired) electrons. The summed E-state index contributed by atoms with van der Waals surface area (Å²) < 4.78 is 25.3. The zero-order chi connectivity index (χ0) is 17.7. The lowest BCUT2D eigenvalue weighted by atomic mass is 9.76. The molecular formula is C21H20FNO3. The van der Waals surface area contributed by atoms with E-state index in [0.717, 1.165) is 18.4 Å². The molecular weight excluding hydrogens is 333 g/mol. The van der Waals surface area contributed by atoms with Gasteiger partial charge in [0.2, 0.25) is 0 Å². The van der Waals surface area contributed by atoms with Gasteiger partial charge in [-0.1, -0.05) is 36.4 Å². The Morgan fingerprint density at radius 1 is 1.08 bits per heavy atom. The first-order valence-corrected chi connectivity index (χ1v) is 9.12. The fourth-order valence-corrected chi connectivity index (χ4v) is 4.48. The van der Waals surface area contributed by atoms with E-state index in [1.54, 1.807) is 12.1 Å². The lowest BCUT2D eigenvalue weighted by Crippen LogP contribution is -2.55. The highest BCUT2D eigenvalue weighted by atomic mass is 19.1. The molecule has 134 valence electrons. The van der Waals surface area contributed by atoms with Crippen LogP contribution in [0.15, 0.2) is 54.6 Å². The van der Waals surface area contributed by atoms with Gasteiger partial charge in [-0.05, 0) is 30.5 Å². The quantitative estimate of drug-likeness (QED) is 0.842. The topological polar surface area (TPSA) is 38.8 Å². The van der Waals surface area contributed by atoms with Crippen molar-refractivity contribution in [2.45, 2.75) is 49.7 Å². The molecule has 0 bridgehead atoms. The van der Waals surface area contributed by atoms with Crippen molar-refractivity contribution in [3.05, 3.63) is 66.0 Å². The Morgan fingerprint density at radius 3 is 2.65 bits per heavy atom. The molecule has 0 aromatic heterocycles. The number of benzene rings is 2. The van der Waals surface area contributed by atoms with Gasteiger partial charge in [-0.3, -0.25) is 4.79 Å². The van der Waals surface area contributed by atoms with Gasteiger partial charge in [-0.2, -0.15) is 0 Å². The van der Waals surface area contributed by atoms with Crippen LogP contribution < -0.4 is 4.74 Å². The molecule has 4 nitrogen and oxygen atoms in total. The minimum atomic E-state index is -0.754. The van der Waals surface area contributed by atoms with Gasteiger partial charge < -0.3 is 14.4 Å². The number of amides is 1. The van der Waals surface area contributed by atoms with E-state index in [-0.39, 0.29) is 30.1 Å². The standard InChI is InChI=1S/C21H20FNO3/c22-15-7-4-8-16(11-15)25-17-12-21(13-17)20(24)23-18(9-10-19(23)26-21)14-5-2-1-3-6-14/h1-8,11,17-19H,9-10,12-13H2/t17?,18-,19?,21?/m0/s1. The first-order valence-electron chi connectivity index (χ1n) is 9.12. The van der Waals surface area contributed by atoms with Crippen molar-refractivity contribution in [3.8, 4) is 5.75 Å². The number of nitrogens with zero attached hydrogens (tertiary/aromatic N) is 1. The second kappa shape index (κ2) is 5.81. The summed E-state index contributed by atoms with van der Waals surface area (Å²) in [5.41, 5.74) is 0.409. The first-order chi connectivity index (χ1) is 12.6. The zero-order valence-corrected chi connectivity index (χ0v) is 14.3. The molecule has 5 heteroatoms. The van der Waals surface area contributed by atoms with Gasteiger partial charge >= 0.3 is 0 Å². The molecule has 3 fully saturated rings. The van der Waals surface area contributed by atoms with Crippen LogP contribution in [0.2, 0.25) is 0 Å². The average Bonchev–Trinajstić information content (AvgIpc) is 3.14. The van der Waals surface area contributed by atoms with E-state index in [9.17, 15) is 9.18 Å². The third-order valence-corrected chi connectivity index (χ3v) is 5.72. The molecule has 2 aliphatic heterocycles. The summed E-state index contributed by atoms with van der Waals surface area (Å²) in [5.74, 6) is 0.252. The Labute approximate surface area is 151 Å². The van der Waals surface area contributed by atoms with Crippen molar-refractivity contribution in [1.82, 2.24) is 4.90 Å². The van der Waals surface area contributed by atoms with Crippen LogP contribution in [0.25, 0.3) is 0 Å². The molecule has 1 unspecified atom stereocenters. The van der Waals surface area contributed by atoms with E-state index in [4.69, 9.17) is 9.47 Å². The van der Waals surface area contributed by atoms with E-state index in [1.807, 2.05) is 23.1 Å². The number of hydrogen-bond donors (Lipinski definition) is 0. The average molecular weight is 353 g/mol. The fourth-order valence-electron chi connectivity index (χ4n) is 4.48. The summed E-state index contributed by atoms with van der Waals surface area (Å²) in [6.07, 6.45) is 2.59. The summed E-state index contributed by atoms with van der Waals surface area (Å²) in [4.78, 5) is 15.0. The first kappa shape index (κ1) is 15.8. The molecule has 26 heavy (non-hydrogen) atoms. The molecule has 3 aliphatic rings. The van der Waals surface area contributed by atoms with E-state index in [2.05, 4.69) is 12.1 Å². The monoisotopic (exact) mass is 353 g/mol. The molecule has 1 saturated carbocycles. The molecule has 1 aliphatic carbocycles. The third kappa shape index (κ3) is 2.42. The highest BCUT2D eigenvalue weighted by Crippen LogP contribution is 2.51. The van der Waals surface area contributed by atoms with E-state index >= 15 is 0 Å². The Balaban J connectivity index is 1.29. The molecule has 2 heterocycles. The molecule has 1 spiro atoms. The van der Waals surface area contributed by atoms with Gasteiger partial charge in [0, 0.05) is 18.9 Å². The Hall–Kier alpha value is -2.40. The molecule has 2 saturated heterocycles. The zero-order valence-electron chi connectivity index (χ0n) is 14.3. The summed E-state index contributed by atoms with van der Waals surface area (Å²) in [5, 5.41) is 0. The minimum Gasteiger partial charge on any atom is -0.490 e. The van der Waals surface area contributed by atoms with E-state index in [1.165, 1.54) is 12.1 Å². The van der Waals surface area contributed by atoms with Crippen molar-refractivity contribution in [2.75, 3.05) is 0 Å². The summed E-state index contributed by atoms with van der Waals surface area (Å²) in [6, 6.07) is 16.3. The third-order valence-electron chi connectivity index (χ3n) is 5.72. The van der Waals surface area contributed by atoms with Gasteiger partial charge in [0.05, 0.1) is 6.04 Å². The van der Waals surface area contributed by atoms with Crippen molar-refractivity contribution in [1.29, 1.82) is 0 Å². The van der Waals surface area contributed by atoms with Crippen LogP contribution in [0.3, 0.4) is 0 Å². The fraction of sp³-hybridized carbons (Fsp3) is 0.381. The highest BCUT2D eigenvalue weighted by Gasteiger charge is 2.63. The van der Waals surface area contributed by atoms with E-state index < -0.39 is 5.60 Å². The highest BCUT2D eigenvalue weighted by molar-refractivity contribution is 5.89. The lowest BCUT2D eigenvalue weighted by molar-refractivity contribution is -0.162. The lowest BCUT2D eigenvalue weighted by Gasteiger charge is -2.42. The van der Waals surface area contributed by atoms with E-state index in [0.29, 0.717) is 18.6 Å². The second-order valence-electron chi connectivity index (χ2n) is 7.39.